The van der Waals surface area contributed by atoms with E-state index in [9.17, 15) is 43.2 Å². The van der Waals surface area contributed by atoms with Crippen LogP contribution < -0.4 is 0 Å². The lowest BCUT2D eigenvalue weighted by Gasteiger charge is -2.21. The van der Waals surface area contributed by atoms with Gasteiger partial charge in [0.1, 0.15) is 19.3 Å². The van der Waals surface area contributed by atoms with Crippen molar-refractivity contribution in [1.29, 1.82) is 0 Å². The Bertz CT molecular complexity index is 2910. The van der Waals surface area contributed by atoms with Gasteiger partial charge < -0.3 is 33.8 Å². The number of phosphoric acid groups is 2. The Kier molecular flexibility index (Phi) is 73.7. The van der Waals surface area contributed by atoms with E-state index >= 15 is 0 Å². The van der Waals surface area contributed by atoms with Gasteiger partial charge in [-0.25, -0.2) is 9.13 Å². The fraction of sp³-hybridized carbons (Fsp3) is 0.551. The van der Waals surface area contributed by atoms with Crippen LogP contribution in [0.4, 0.5) is 0 Å². The van der Waals surface area contributed by atoms with E-state index < -0.39 is 97.5 Å². The standard InChI is InChI=1S/C89H138O17P2/c1-5-9-13-17-21-25-29-33-37-40-41-44-47-50-54-58-62-66-70-74-87(92)100-80-85(106-89(94)76-72-68-64-60-56-52-48-43-39-35-31-27-23-19-15-11-7-3)82-104-108(97,98)102-78-83(90)77-101-107(95,96)103-81-84(105-88(93)75-71-67-63-59-55-51-45-36-32-28-24-20-16-12-8-4)79-99-86(91)73-69-65-61-57-53-49-46-42-38-34-30-26-22-18-14-10-6-2/h9-16,21-28,33-39,41,44-45,48,50,52,54-55,59,62,66-67,71,83-85,90H,5-8,17-20,29-32,40,42-43,46-47,49,51,53,56-58,60-61,63-65,68-70,72-82H2,1-4H3,(H,95,96)(H,97,98)/b13-9-,14-10-,15-11-,16-12-,25-21-,26-22-,27-23-,28-24-,37-33-,38-34-,39-35-,44-41-,45-36-,52-48-,54-50-,59-55-,66-62-,71-67-. The van der Waals surface area contributed by atoms with Gasteiger partial charge in [-0.05, 0) is 161 Å². The number of hydrogen-bond acceptors (Lipinski definition) is 15. The molecule has 3 N–H and O–H groups in total. The summed E-state index contributed by atoms with van der Waals surface area (Å²) in [6.07, 6.45) is 99.6. The number of aliphatic hydroxyl groups is 1. The summed E-state index contributed by atoms with van der Waals surface area (Å²) >= 11 is 0. The molecule has 0 aromatic heterocycles. The molecule has 0 rings (SSSR count). The maximum atomic E-state index is 13.1. The summed E-state index contributed by atoms with van der Waals surface area (Å²) < 4.78 is 68.4. The number of carbonyl (C=O) groups is 4. The molecule has 0 spiro atoms. The van der Waals surface area contributed by atoms with E-state index in [2.05, 4.69) is 204 Å². The minimum atomic E-state index is -5.02. The topological polar surface area (TPSA) is 237 Å². The molecule has 0 heterocycles. The van der Waals surface area contributed by atoms with Gasteiger partial charge in [0.15, 0.2) is 12.2 Å². The molecule has 5 unspecified atom stereocenters. The van der Waals surface area contributed by atoms with Crippen molar-refractivity contribution in [2.45, 2.75) is 277 Å². The number of aliphatic hydroxyl groups excluding tert-OH is 1. The van der Waals surface area contributed by atoms with Gasteiger partial charge in [-0.15, -0.1) is 0 Å². The summed E-state index contributed by atoms with van der Waals surface area (Å²) in [4.78, 5) is 73.0. The first-order chi connectivity index (χ1) is 52.7. The Balaban J connectivity index is 5.56. The van der Waals surface area contributed by atoms with E-state index in [0.29, 0.717) is 32.1 Å². The highest BCUT2D eigenvalue weighted by molar-refractivity contribution is 7.47. The number of ether oxygens (including phenoxy) is 4. The van der Waals surface area contributed by atoms with E-state index in [4.69, 9.17) is 37.0 Å². The monoisotopic (exact) mass is 1540 g/mol. The average molecular weight is 1540 g/mol. The molecule has 5 atom stereocenters. The second kappa shape index (κ2) is 78.5. The number of carbonyl (C=O) groups excluding carboxylic acids is 4. The number of phosphoric ester groups is 2. The first-order valence-corrected chi connectivity index (χ1v) is 43.0. The summed E-state index contributed by atoms with van der Waals surface area (Å²) in [6, 6.07) is 0. The Morgan fingerprint density at radius 1 is 0.269 bits per heavy atom. The molecule has 0 aliphatic carbocycles. The summed E-state index contributed by atoms with van der Waals surface area (Å²) in [5, 5.41) is 10.6. The molecule has 0 aromatic carbocycles. The SMILES string of the molecule is CC/C=C\C/C=C\C/C=C\C/C=C\C/C=C\C/C=C\CCC(=O)OCC(COP(=O)(O)OCC(O)COP(=O)(O)OCC(COC(=O)CCCCCCCCC/C=C\C/C=C\C/C=C\CC)OC(=O)C/C=C\C/C=C\C/C=C\C/C=C\C/C=C\CC)OC(=O)CCCCCC/C=C\C/C=C\C/C=C\C/C=C\CC. The minimum absolute atomic E-state index is 0.0186. The summed E-state index contributed by atoms with van der Waals surface area (Å²) in [5.74, 6) is -2.49. The molecule has 0 bridgehead atoms. The van der Waals surface area contributed by atoms with Gasteiger partial charge in [-0.2, -0.15) is 0 Å². The van der Waals surface area contributed by atoms with E-state index in [-0.39, 0.29) is 25.7 Å². The van der Waals surface area contributed by atoms with Crippen LogP contribution in [0.15, 0.2) is 219 Å². The van der Waals surface area contributed by atoms with E-state index in [1.165, 1.54) is 0 Å². The van der Waals surface area contributed by atoms with Crippen molar-refractivity contribution >= 4 is 39.5 Å². The zero-order valence-electron chi connectivity index (χ0n) is 66.2. The zero-order valence-corrected chi connectivity index (χ0v) is 68.0. The normalized spacial score (nSPS) is 15.0. The fourth-order valence-corrected chi connectivity index (χ4v) is 11.1. The highest BCUT2D eigenvalue weighted by atomic mass is 31.2. The summed E-state index contributed by atoms with van der Waals surface area (Å²) in [7, 11) is -10.0. The van der Waals surface area contributed by atoms with Crippen LogP contribution in [0.25, 0.3) is 0 Å². The number of rotatable bonds is 72. The third-order valence-electron chi connectivity index (χ3n) is 15.5. The predicted molar refractivity (Wildman–Crippen MR) is 445 cm³/mol. The lowest BCUT2D eigenvalue weighted by molar-refractivity contribution is -0.161. The highest BCUT2D eigenvalue weighted by Gasteiger charge is 2.30. The van der Waals surface area contributed by atoms with Crippen molar-refractivity contribution in [1.82, 2.24) is 0 Å². The summed E-state index contributed by atoms with van der Waals surface area (Å²) in [5.41, 5.74) is 0. The molecular weight excluding hydrogens is 1400 g/mol. The molecule has 0 aliphatic rings. The maximum Gasteiger partial charge on any atom is 0.472 e. The Hall–Kier alpha value is -6.62. The number of unbranched alkanes of at least 4 members (excludes halogenated alkanes) is 11. The third kappa shape index (κ3) is 77.5. The molecule has 108 heavy (non-hydrogen) atoms. The average Bonchev–Trinajstić information content (AvgIpc) is 0.906. The van der Waals surface area contributed by atoms with E-state index in [1.54, 1.807) is 12.2 Å². The molecule has 606 valence electrons. The van der Waals surface area contributed by atoms with Gasteiger partial charge >= 0.3 is 39.5 Å². The van der Waals surface area contributed by atoms with Crippen LogP contribution >= 0.6 is 15.6 Å². The van der Waals surface area contributed by atoms with Crippen LogP contribution in [0.3, 0.4) is 0 Å². The highest BCUT2D eigenvalue weighted by Crippen LogP contribution is 2.45. The van der Waals surface area contributed by atoms with Crippen molar-refractivity contribution in [3.05, 3.63) is 219 Å². The van der Waals surface area contributed by atoms with E-state index in [0.717, 1.165) is 173 Å². The minimum Gasteiger partial charge on any atom is -0.462 e. The van der Waals surface area contributed by atoms with Gasteiger partial charge in [0, 0.05) is 19.3 Å². The zero-order chi connectivity index (χ0) is 78.9. The van der Waals surface area contributed by atoms with Gasteiger partial charge in [-0.3, -0.25) is 37.3 Å². The van der Waals surface area contributed by atoms with Crippen molar-refractivity contribution in [3.63, 3.8) is 0 Å². The molecule has 0 amide bonds. The van der Waals surface area contributed by atoms with Crippen LogP contribution in [-0.4, -0.2) is 96.7 Å². The lowest BCUT2D eigenvalue weighted by atomic mass is 10.1. The van der Waals surface area contributed by atoms with Gasteiger partial charge in [0.05, 0.1) is 32.8 Å². The fourth-order valence-electron chi connectivity index (χ4n) is 9.56. The second-order valence-corrected chi connectivity index (χ2v) is 28.4. The van der Waals surface area contributed by atoms with Crippen LogP contribution in [0.1, 0.15) is 259 Å². The largest absolute Gasteiger partial charge is 0.472 e. The number of esters is 4. The van der Waals surface area contributed by atoms with Gasteiger partial charge in [-0.1, -0.05) is 291 Å². The van der Waals surface area contributed by atoms with Crippen LogP contribution in [-0.2, 0) is 65.4 Å². The quantitative estimate of drug-likeness (QED) is 0.0169. The molecule has 0 saturated heterocycles. The van der Waals surface area contributed by atoms with Crippen LogP contribution in [0.2, 0.25) is 0 Å². The summed E-state index contributed by atoms with van der Waals surface area (Å²) in [6.45, 7) is 4.14. The smallest absolute Gasteiger partial charge is 0.462 e. The van der Waals surface area contributed by atoms with Crippen molar-refractivity contribution < 1.29 is 80.2 Å². The molecule has 17 nitrogen and oxygen atoms in total. The van der Waals surface area contributed by atoms with Gasteiger partial charge in [0.25, 0.3) is 0 Å². The molecule has 0 radical (unpaired) electrons. The third-order valence-corrected chi connectivity index (χ3v) is 17.4. The van der Waals surface area contributed by atoms with Crippen LogP contribution in [0, 0.1) is 0 Å². The Labute approximate surface area is 651 Å². The first kappa shape index (κ1) is 101. The van der Waals surface area contributed by atoms with Crippen molar-refractivity contribution in [2.75, 3.05) is 39.6 Å². The predicted octanol–water partition coefficient (Wildman–Crippen LogP) is 23.7. The van der Waals surface area contributed by atoms with Crippen molar-refractivity contribution in [3.8, 4) is 0 Å². The first-order valence-electron chi connectivity index (χ1n) is 40.0. The lowest BCUT2D eigenvalue weighted by Crippen LogP contribution is -2.30. The molecule has 0 aromatic rings. The van der Waals surface area contributed by atoms with Gasteiger partial charge in [0.2, 0.25) is 0 Å². The maximum absolute atomic E-state index is 13.1. The van der Waals surface area contributed by atoms with Crippen molar-refractivity contribution in [2.24, 2.45) is 0 Å². The molecule has 0 saturated carbocycles. The second-order valence-electron chi connectivity index (χ2n) is 25.5. The molecular formula is C89H138O17P2. The Morgan fingerprint density at radius 3 is 0.833 bits per heavy atom. The number of hydrogen-bond donors (Lipinski definition) is 3. The molecule has 19 heteroatoms. The van der Waals surface area contributed by atoms with Crippen LogP contribution in [0.5, 0.6) is 0 Å². The van der Waals surface area contributed by atoms with E-state index in [1.807, 2.05) is 30.4 Å². The molecule has 0 fully saturated rings. The Morgan fingerprint density at radius 2 is 0.509 bits per heavy atom. The number of allylic oxidation sites excluding steroid dienone is 35. The molecule has 0 aliphatic heterocycles.